The number of anilines is 1. The lowest BCUT2D eigenvalue weighted by atomic mass is 10.0. The number of benzene rings is 2. The third-order valence-corrected chi connectivity index (χ3v) is 8.85. The molecule has 0 aromatic heterocycles. The van der Waals surface area contributed by atoms with Crippen molar-refractivity contribution in [2.45, 2.75) is 48.7 Å². The maximum atomic E-state index is 13.4. The van der Waals surface area contributed by atoms with E-state index in [2.05, 4.69) is 5.32 Å². The fraction of sp³-hybridized carbons (Fsp3) is 0.458. The molecule has 2 aromatic carbocycles. The van der Waals surface area contributed by atoms with E-state index in [1.54, 1.807) is 12.1 Å². The molecule has 3 rings (SSSR count). The number of hydrogen-bond donors (Lipinski definition) is 1. The number of sulfonamides is 1. The molecule has 1 aliphatic carbocycles. The van der Waals surface area contributed by atoms with Crippen molar-refractivity contribution >= 4 is 33.4 Å². The fourth-order valence-corrected chi connectivity index (χ4v) is 6.50. The molecule has 1 aliphatic rings. The van der Waals surface area contributed by atoms with Gasteiger partial charge in [-0.15, -0.1) is 0 Å². The summed E-state index contributed by atoms with van der Waals surface area (Å²) in [5.41, 5.74) is 0.218. The smallest absolute Gasteiger partial charge is 0.264 e. The Morgan fingerprint density at radius 3 is 2.39 bits per heavy atom. The first-order valence-corrected chi connectivity index (χ1v) is 13.7. The van der Waals surface area contributed by atoms with Gasteiger partial charge in [0.05, 0.1) is 17.7 Å². The Kier molecular flexibility index (Phi) is 9.43. The average Bonchev–Trinajstić information content (AvgIpc) is 2.83. The normalized spacial score (nSPS) is 14.6. The highest BCUT2D eigenvalue weighted by molar-refractivity contribution is 7.99. The van der Waals surface area contributed by atoms with Crippen LogP contribution in [0.4, 0.5) is 10.1 Å². The van der Waals surface area contributed by atoms with E-state index in [1.807, 2.05) is 11.8 Å². The molecule has 0 spiro atoms. The van der Waals surface area contributed by atoms with Crippen LogP contribution in [-0.4, -0.2) is 45.5 Å². The van der Waals surface area contributed by atoms with Gasteiger partial charge in [0.25, 0.3) is 10.0 Å². The minimum Gasteiger partial charge on any atom is -0.497 e. The largest absolute Gasteiger partial charge is 0.497 e. The molecule has 9 heteroatoms. The number of nitrogens with one attached hydrogen (secondary N) is 1. The van der Waals surface area contributed by atoms with E-state index in [0.717, 1.165) is 21.7 Å². The molecule has 0 unspecified atom stereocenters. The molecule has 2 aromatic rings. The number of amides is 1. The summed E-state index contributed by atoms with van der Waals surface area (Å²) in [5, 5.41) is 3.54. The molecule has 33 heavy (non-hydrogen) atoms. The first-order chi connectivity index (χ1) is 15.9. The van der Waals surface area contributed by atoms with Crippen LogP contribution in [0, 0.1) is 5.82 Å². The van der Waals surface area contributed by atoms with E-state index < -0.39 is 28.3 Å². The van der Waals surface area contributed by atoms with Crippen LogP contribution in [0.25, 0.3) is 0 Å². The van der Waals surface area contributed by atoms with Gasteiger partial charge >= 0.3 is 0 Å². The minimum absolute atomic E-state index is 0.0179. The molecule has 0 heterocycles. The Morgan fingerprint density at radius 1 is 1.09 bits per heavy atom. The molecule has 0 saturated heterocycles. The number of carbonyl (C=O) groups excluding carboxylic acids is 1. The van der Waals surface area contributed by atoms with E-state index >= 15 is 0 Å². The number of rotatable bonds is 11. The second kappa shape index (κ2) is 12.3. The third kappa shape index (κ3) is 7.37. The monoisotopic (exact) mass is 494 g/mol. The van der Waals surface area contributed by atoms with Crippen molar-refractivity contribution < 1.29 is 22.3 Å². The van der Waals surface area contributed by atoms with E-state index in [0.29, 0.717) is 12.3 Å². The predicted octanol–water partition coefficient (Wildman–Crippen LogP) is 4.60. The molecule has 0 atom stereocenters. The van der Waals surface area contributed by atoms with Gasteiger partial charge in [-0.2, -0.15) is 11.8 Å². The number of nitrogens with zero attached hydrogens (tertiary/aromatic N) is 1. The Labute approximate surface area is 199 Å². The maximum absolute atomic E-state index is 13.4. The Balaban J connectivity index is 1.62. The summed E-state index contributed by atoms with van der Waals surface area (Å²) >= 11 is 1.96. The quantitative estimate of drug-likeness (QED) is 0.462. The van der Waals surface area contributed by atoms with Crippen LogP contribution in [0.2, 0.25) is 0 Å². The SMILES string of the molecule is COc1ccc(S(=O)(=O)N(CC(=O)NCCCSC2CCCCC2)c2ccc(F)cc2)cc1. The van der Waals surface area contributed by atoms with Crippen molar-refractivity contribution in [3.8, 4) is 5.75 Å². The van der Waals surface area contributed by atoms with Gasteiger partial charge < -0.3 is 10.1 Å². The number of hydrogen-bond acceptors (Lipinski definition) is 5. The molecular weight excluding hydrogens is 463 g/mol. The number of thioether (sulfide) groups is 1. The summed E-state index contributed by atoms with van der Waals surface area (Å²) in [6, 6.07) is 11.0. The fourth-order valence-electron chi connectivity index (χ4n) is 3.77. The summed E-state index contributed by atoms with van der Waals surface area (Å²) in [6.07, 6.45) is 7.30. The van der Waals surface area contributed by atoms with Crippen molar-refractivity contribution in [2.75, 3.05) is 30.3 Å². The maximum Gasteiger partial charge on any atom is 0.264 e. The van der Waals surface area contributed by atoms with Crippen molar-refractivity contribution in [2.24, 2.45) is 0 Å². The summed E-state index contributed by atoms with van der Waals surface area (Å²) in [6.45, 7) is 0.0914. The van der Waals surface area contributed by atoms with Gasteiger partial charge in [0.2, 0.25) is 5.91 Å². The van der Waals surface area contributed by atoms with Gasteiger partial charge in [-0.25, -0.2) is 12.8 Å². The summed E-state index contributed by atoms with van der Waals surface area (Å²) in [5.74, 6) is 0.599. The van der Waals surface area contributed by atoms with E-state index in [9.17, 15) is 17.6 Å². The van der Waals surface area contributed by atoms with Crippen LogP contribution in [0.5, 0.6) is 5.75 Å². The zero-order valence-electron chi connectivity index (χ0n) is 18.8. The van der Waals surface area contributed by atoms with Gasteiger partial charge in [0.1, 0.15) is 18.1 Å². The average molecular weight is 495 g/mol. The molecule has 0 radical (unpaired) electrons. The highest BCUT2D eigenvalue weighted by atomic mass is 32.2. The highest BCUT2D eigenvalue weighted by Crippen LogP contribution is 2.28. The minimum atomic E-state index is -4.05. The van der Waals surface area contributed by atoms with Crippen LogP contribution < -0.4 is 14.4 Å². The van der Waals surface area contributed by atoms with E-state index in [1.165, 1.54) is 75.6 Å². The first kappa shape index (κ1) is 25.4. The zero-order chi connectivity index (χ0) is 23.7. The van der Waals surface area contributed by atoms with Gasteiger partial charge in [0, 0.05) is 11.8 Å². The lowest BCUT2D eigenvalue weighted by Gasteiger charge is -2.24. The third-order valence-electron chi connectivity index (χ3n) is 5.60. The Bertz CT molecular complexity index is 992. The first-order valence-electron chi connectivity index (χ1n) is 11.2. The van der Waals surface area contributed by atoms with Crippen LogP contribution in [0.1, 0.15) is 38.5 Å². The van der Waals surface area contributed by atoms with Crippen molar-refractivity contribution in [3.63, 3.8) is 0 Å². The number of methoxy groups -OCH3 is 1. The lowest BCUT2D eigenvalue weighted by molar-refractivity contribution is -0.119. The standard InChI is InChI=1S/C24H31FN2O4S2/c1-31-21-12-14-23(15-13-21)33(29,30)27(20-10-8-19(25)9-11-20)18-24(28)26-16-5-17-32-22-6-3-2-4-7-22/h8-15,22H,2-7,16-18H2,1H3,(H,26,28). The molecule has 0 aliphatic heterocycles. The number of carbonyl (C=O) groups is 1. The molecule has 1 N–H and O–H groups in total. The molecule has 0 bridgehead atoms. The van der Waals surface area contributed by atoms with E-state index in [4.69, 9.17) is 4.74 Å². The van der Waals surface area contributed by atoms with Crippen molar-refractivity contribution in [3.05, 3.63) is 54.3 Å². The van der Waals surface area contributed by atoms with Crippen LogP contribution in [-0.2, 0) is 14.8 Å². The second-order valence-electron chi connectivity index (χ2n) is 8.00. The number of ether oxygens (including phenoxy) is 1. The second-order valence-corrected chi connectivity index (χ2v) is 11.3. The van der Waals surface area contributed by atoms with Gasteiger partial charge in [-0.05, 0) is 73.5 Å². The van der Waals surface area contributed by atoms with Gasteiger partial charge in [-0.1, -0.05) is 19.3 Å². The predicted molar refractivity (Wildman–Crippen MR) is 131 cm³/mol. The summed E-state index contributed by atoms with van der Waals surface area (Å²) in [7, 11) is -2.55. The zero-order valence-corrected chi connectivity index (χ0v) is 20.5. The molecular formula is C24H31FN2O4S2. The topological polar surface area (TPSA) is 75.7 Å². The van der Waals surface area contributed by atoms with Crippen molar-refractivity contribution in [1.29, 1.82) is 0 Å². The molecule has 1 fully saturated rings. The van der Waals surface area contributed by atoms with Crippen LogP contribution in [0.3, 0.4) is 0 Å². The molecule has 1 saturated carbocycles. The van der Waals surface area contributed by atoms with Crippen LogP contribution in [0.15, 0.2) is 53.4 Å². The molecule has 6 nitrogen and oxygen atoms in total. The van der Waals surface area contributed by atoms with Crippen LogP contribution >= 0.6 is 11.8 Å². The summed E-state index contributed by atoms with van der Waals surface area (Å²) < 4.78 is 46.1. The summed E-state index contributed by atoms with van der Waals surface area (Å²) in [4.78, 5) is 12.6. The highest BCUT2D eigenvalue weighted by Gasteiger charge is 2.27. The van der Waals surface area contributed by atoms with Gasteiger partial charge in [-0.3, -0.25) is 9.10 Å². The van der Waals surface area contributed by atoms with Crippen molar-refractivity contribution in [1.82, 2.24) is 5.32 Å². The Hall–Kier alpha value is -2.26. The molecule has 1 amide bonds. The molecule has 180 valence electrons. The number of halogens is 1. The van der Waals surface area contributed by atoms with Gasteiger partial charge in [0.15, 0.2) is 0 Å². The lowest BCUT2D eigenvalue weighted by Crippen LogP contribution is -2.41. The Morgan fingerprint density at radius 2 is 1.76 bits per heavy atom. The van der Waals surface area contributed by atoms with E-state index in [-0.39, 0.29) is 10.6 Å².